The Bertz CT molecular complexity index is 423. The van der Waals surface area contributed by atoms with E-state index < -0.39 is 0 Å². The third-order valence-electron chi connectivity index (χ3n) is 3.26. The maximum atomic E-state index is 13.1. The molecule has 1 aromatic carbocycles. The number of aliphatic hydroxyl groups is 1. The van der Waals surface area contributed by atoms with Crippen LogP contribution in [-0.4, -0.2) is 29.9 Å². The number of halogens is 1. The van der Waals surface area contributed by atoms with Crippen LogP contribution >= 0.6 is 0 Å². The number of hydrogen-bond donors (Lipinski definition) is 2. The summed E-state index contributed by atoms with van der Waals surface area (Å²) in [5.41, 5.74) is 0.306. The molecule has 4 heteroatoms. The fraction of sp³-hybridized carbons (Fsp3) is 0.625. The topological polar surface area (TPSA) is 41.5 Å². The molecule has 114 valence electrons. The van der Waals surface area contributed by atoms with Gasteiger partial charge in [0.1, 0.15) is 11.6 Å². The molecule has 1 aromatic rings. The van der Waals surface area contributed by atoms with E-state index in [0.717, 1.165) is 12.8 Å². The van der Waals surface area contributed by atoms with E-state index in [4.69, 9.17) is 4.74 Å². The Morgan fingerprint density at radius 3 is 2.65 bits per heavy atom. The van der Waals surface area contributed by atoms with Crippen LogP contribution in [0.4, 0.5) is 4.39 Å². The fourth-order valence-corrected chi connectivity index (χ4v) is 2.25. The zero-order chi connectivity index (χ0) is 15.2. The van der Waals surface area contributed by atoms with Crippen LogP contribution in [0.5, 0.6) is 5.75 Å². The fourth-order valence-electron chi connectivity index (χ4n) is 2.25. The monoisotopic (exact) mass is 283 g/mol. The molecular weight excluding hydrogens is 257 g/mol. The van der Waals surface area contributed by atoms with Crippen LogP contribution in [0.25, 0.3) is 0 Å². The number of rotatable bonds is 8. The van der Waals surface area contributed by atoms with Crippen molar-refractivity contribution in [1.29, 1.82) is 0 Å². The number of ether oxygens (including phenoxy) is 1. The van der Waals surface area contributed by atoms with E-state index in [1.165, 1.54) is 6.07 Å². The van der Waals surface area contributed by atoms with Crippen LogP contribution in [-0.2, 0) is 0 Å². The molecule has 1 atom stereocenters. The molecule has 0 aliphatic carbocycles. The lowest BCUT2D eigenvalue weighted by molar-refractivity contribution is 0.147. The molecule has 0 radical (unpaired) electrons. The van der Waals surface area contributed by atoms with Gasteiger partial charge in [-0.3, -0.25) is 0 Å². The first-order valence-electron chi connectivity index (χ1n) is 7.14. The molecule has 2 N–H and O–H groups in total. The Labute approximate surface area is 121 Å². The van der Waals surface area contributed by atoms with E-state index in [-0.39, 0.29) is 18.0 Å². The van der Waals surface area contributed by atoms with Crippen molar-refractivity contribution in [3.63, 3.8) is 0 Å². The first-order valence-corrected chi connectivity index (χ1v) is 7.14. The number of aliphatic hydroxyl groups excluding tert-OH is 1. The Morgan fingerprint density at radius 1 is 1.40 bits per heavy atom. The second-order valence-corrected chi connectivity index (χ2v) is 5.88. The highest BCUT2D eigenvalue weighted by Gasteiger charge is 2.23. The summed E-state index contributed by atoms with van der Waals surface area (Å²) in [5.74, 6) is 0.470. The van der Waals surface area contributed by atoms with Crippen molar-refractivity contribution in [3.05, 3.63) is 29.6 Å². The first-order chi connectivity index (χ1) is 9.36. The van der Waals surface area contributed by atoms with Gasteiger partial charge in [0.2, 0.25) is 0 Å². The number of nitrogens with one attached hydrogen (secondary N) is 1. The molecule has 0 bridgehead atoms. The predicted octanol–water partition coefficient (Wildman–Crippen LogP) is 3.04. The summed E-state index contributed by atoms with van der Waals surface area (Å²) in [7, 11) is 0. The molecule has 0 aliphatic rings. The zero-order valence-electron chi connectivity index (χ0n) is 12.9. The first kappa shape index (κ1) is 16.9. The summed E-state index contributed by atoms with van der Waals surface area (Å²) >= 11 is 0. The van der Waals surface area contributed by atoms with Gasteiger partial charge in [0.05, 0.1) is 13.2 Å². The number of hydrogen-bond acceptors (Lipinski definition) is 3. The maximum Gasteiger partial charge on any atom is 0.126 e. The van der Waals surface area contributed by atoms with Gasteiger partial charge in [0.25, 0.3) is 0 Å². The summed E-state index contributed by atoms with van der Waals surface area (Å²) in [6, 6.07) is 5.09. The van der Waals surface area contributed by atoms with Gasteiger partial charge in [-0.15, -0.1) is 0 Å². The van der Waals surface area contributed by atoms with E-state index in [9.17, 15) is 9.50 Å². The number of benzene rings is 1. The highest BCUT2D eigenvalue weighted by molar-refractivity contribution is 5.28. The third kappa shape index (κ3) is 5.47. The Morgan fingerprint density at radius 2 is 2.10 bits per heavy atom. The molecule has 0 aliphatic heterocycles. The van der Waals surface area contributed by atoms with E-state index in [1.807, 2.05) is 6.92 Å². The van der Waals surface area contributed by atoms with Crippen LogP contribution in [0.1, 0.15) is 39.2 Å². The van der Waals surface area contributed by atoms with Crippen molar-refractivity contribution in [2.24, 2.45) is 0 Å². The second-order valence-electron chi connectivity index (χ2n) is 5.88. The molecule has 3 nitrogen and oxygen atoms in total. The molecule has 0 fully saturated rings. The van der Waals surface area contributed by atoms with Crippen LogP contribution < -0.4 is 10.1 Å². The molecule has 0 saturated heterocycles. The van der Waals surface area contributed by atoms with E-state index >= 15 is 0 Å². The molecule has 1 rings (SSSR count). The van der Waals surface area contributed by atoms with Gasteiger partial charge >= 0.3 is 0 Å². The smallest absolute Gasteiger partial charge is 0.126 e. The maximum absolute atomic E-state index is 13.1. The van der Waals surface area contributed by atoms with Crippen molar-refractivity contribution in [2.45, 2.75) is 52.1 Å². The standard InChI is InChI=1S/C16H26FNO2/c1-12(2)18-16(4,11-19)8-5-9-20-14-6-7-15(17)13(3)10-14/h6-7,10,12,18-19H,5,8-9,11H2,1-4H3. The molecule has 0 spiro atoms. The third-order valence-corrected chi connectivity index (χ3v) is 3.26. The minimum absolute atomic E-state index is 0.0981. The quantitative estimate of drug-likeness (QED) is 0.721. The SMILES string of the molecule is Cc1cc(OCCCC(C)(CO)NC(C)C)ccc1F. The summed E-state index contributed by atoms with van der Waals surface area (Å²) < 4.78 is 18.7. The largest absolute Gasteiger partial charge is 0.494 e. The van der Waals surface area contributed by atoms with Crippen LogP contribution in [0.2, 0.25) is 0 Å². The predicted molar refractivity (Wildman–Crippen MR) is 79.6 cm³/mol. The van der Waals surface area contributed by atoms with Crippen molar-refractivity contribution in [3.8, 4) is 5.75 Å². The van der Waals surface area contributed by atoms with Gasteiger partial charge in [-0.2, -0.15) is 0 Å². The summed E-state index contributed by atoms with van der Waals surface area (Å²) in [6.07, 6.45) is 1.65. The van der Waals surface area contributed by atoms with Crippen LogP contribution in [0, 0.1) is 12.7 Å². The highest BCUT2D eigenvalue weighted by Crippen LogP contribution is 2.17. The van der Waals surface area contributed by atoms with Crippen LogP contribution in [0.3, 0.4) is 0 Å². The highest BCUT2D eigenvalue weighted by atomic mass is 19.1. The zero-order valence-corrected chi connectivity index (χ0v) is 12.9. The lowest BCUT2D eigenvalue weighted by Gasteiger charge is -2.31. The van der Waals surface area contributed by atoms with E-state index in [2.05, 4.69) is 19.2 Å². The van der Waals surface area contributed by atoms with Gasteiger partial charge < -0.3 is 15.2 Å². The molecule has 0 aromatic heterocycles. The summed E-state index contributed by atoms with van der Waals surface area (Å²) in [6.45, 7) is 8.51. The Kier molecular flexibility index (Phi) is 6.43. The van der Waals surface area contributed by atoms with E-state index in [1.54, 1.807) is 19.1 Å². The molecular formula is C16H26FNO2. The van der Waals surface area contributed by atoms with Crippen molar-refractivity contribution in [2.75, 3.05) is 13.2 Å². The van der Waals surface area contributed by atoms with Gasteiger partial charge in [-0.25, -0.2) is 4.39 Å². The molecule has 0 amide bonds. The molecule has 20 heavy (non-hydrogen) atoms. The van der Waals surface area contributed by atoms with Crippen molar-refractivity contribution in [1.82, 2.24) is 5.32 Å². The van der Waals surface area contributed by atoms with Gasteiger partial charge in [-0.1, -0.05) is 13.8 Å². The Hall–Kier alpha value is -1.13. The lowest BCUT2D eigenvalue weighted by Crippen LogP contribution is -2.49. The van der Waals surface area contributed by atoms with E-state index in [0.29, 0.717) is 24.0 Å². The molecule has 0 saturated carbocycles. The van der Waals surface area contributed by atoms with Crippen molar-refractivity contribution < 1.29 is 14.2 Å². The Balaban J connectivity index is 2.38. The van der Waals surface area contributed by atoms with Crippen LogP contribution in [0.15, 0.2) is 18.2 Å². The minimum atomic E-state index is -0.282. The average molecular weight is 283 g/mol. The van der Waals surface area contributed by atoms with Gasteiger partial charge in [0, 0.05) is 11.6 Å². The summed E-state index contributed by atoms with van der Waals surface area (Å²) in [4.78, 5) is 0. The average Bonchev–Trinajstić information content (AvgIpc) is 2.38. The second kappa shape index (κ2) is 7.60. The van der Waals surface area contributed by atoms with Gasteiger partial charge in [0.15, 0.2) is 0 Å². The normalized spacial score (nSPS) is 14.3. The number of aryl methyl sites for hydroxylation is 1. The lowest BCUT2D eigenvalue weighted by atomic mass is 9.96. The molecule has 0 heterocycles. The van der Waals surface area contributed by atoms with Gasteiger partial charge in [-0.05, 0) is 50.5 Å². The summed E-state index contributed by atoms with van der Waals surface area (Å²) in [5, 5.41) is 12.8. The molecule has 1 unspecified atom stereocenters. The van der Waals surface area contributed by atoms with Crippen molar-refractivity contribution >= 4 is 0 Å². The minimum Gasteiger partial charge on any atom is -0.494 e.